The topological polar surface area (TPSA) is 98.8 Å². The maximum atomic E-state index is 15.5. The highest BCUT2D eigenvalue weighted by Gasteiger charge is 2.43. The zero-order valence-corrected chi connectivity index (χ0v) is 24.1. The van der Waals surface area contributed by atoms with Crippen LogP contribution in [0, 0.1) is 11.6 Å². The molecule has 8 nitrogen and oxygen atoms in total. The number of anilines is 1. The molecular weight excluding hydrogens is 576 g/mol. The second-order valence-electron chi connectivity index (χ2n) is 10.7. The Morgan fingerprint density at radius 1 is 0.884 bits per heavy atom. The highest BCUT2D eigenvalue weighted by Crippen LogP contribution is 2.40. The predicted molar refractivity (Wildman–Crippen MR) is 157 cm³/mol. The fraction of sp³-hybridized carbons (Fsp3) is 0.281. The molecule has 6 rings (SSSR count). The monoisotopic (exact) mass is 607 g/mol. The van der Waals surface area contributed by atoms with Crippen LogP contribution in [0.15, 0.2) is 85.1 Å². The third-order valence-electron chi connectivity index (χ3n) is 7.51. The molecule has 2 fully saturated rings. The van der Waals surface area contributed by atoms with Crippen molar-refractivity contribution in [2.45, 2.75) is 43.4 Å². The minimum Gasteiger partial charge on any atom is -0.488 e. The summed E-state index contributed by atoms with van der Waals surface area (Å²) >= 11 is 0. The van der Waals surface area contributed by atoms with Crippen molar-refractivity contribution >= 4 is 15.8 Å². The van der Waals surface area contributed by atoms with E-state index in [1.165, 1.54) is 24.4 Å². The van der Waals surface area contributed by atoms with Crippen molar-refractivity contribution in [1.82, 2.24) is 10.3 Å². The SMILES string of the molecule is O=S(=O)(Nc1nccc(CNC2(c3cc(F)c(OCc4ccccc4)cc3OCc3ccccc3)COC2)c1F)C1CC1. The number of nitrogens with one attached hydrogen (secondary N) is 2. The van der Waals surface area contributed by atoms with Crippen molar-refractivity contribution in [3.05, 3.63) is 119 Å². The van der Waals surface area contributed by atoms with Gasteiger partial charge in [0, 0.05) is 29.9 Å². The summed E-state index contributed by atoms with van der Waals surface area (Å²) in [6, 6.07) is 23.4. The third kappa shape index (κ3) is 6.64. The van der Waals surface area contributed by atoms with Gasteiger partial charge in [-0.25, -0.2) is 22.2 Å². The molecule has 2 heterocycles. The van der Waals surface area contributed by atoms with Crippen LogP contribution in [0.4, 0.5) is 14.6 Å². The minimum atomic E-state index is -3.69. The number of ether oxygens (including phenoxy) is 3. The number of rotatable bonds is 13. The van der Waals surface area contributed by atoms with Crippen molar-refractivity contribution in [3.8, 4) is 11.5 Å². The van der Waals surface area contributed by atoms with E-state index in [0.717, 1.165) is 11.1 Å². The van der Waals surface area contributed by atoms with E-state index in [1.54, 1.807) is 0 Å². The van der Waals surface area contributed by atoms with Crippen LogP contribution in [-0.4, -0.2) is 31.9 Å². The summed E-state index contributed by atoms with van der Waals surface area (Å²) in [5, 5.41) is 2.80. The van der Waals surface area contributed by atoms with E-state index in [9.17, 15) is 8.42 Å². The van der Waals surface area contributed by atoms with Gasteiger partial charge in [0.1, 0.15) is 19.0 Å². The summed E-state index contributed by atoms with van der Waals surface area (Å²) in [6.45, 7) is 0.786. The Balaban J connectivity index is 1.26. The van der Waals surface area contributed by atoms with E-state index >= 15 is 8.78 Å². The number of pyridine rings is 1. The third-order valence-corrected chi connectivity index (χ3v) is 9.34. The molecule has 43 heavy (non-hydrogen) atoms. The second-order valence-corrected chi connectivity index (χ2v) is 12.7. The molecule has 1 saturated carbocycles. The number of hydrogen-bond acceptors (Lipinski definition) is 7. The number of hydrogen-bond donors (Lipinski definition) is 2. The molecule has 1 aliphatic carbocycles. The Morgan fingerprint density at radius 2 is 1.51 bits per heavy atom. The van der Waals surface area contributed by atoms with Crippen LogP contribution in [0.25, 0.3) is 0 Å². The number of benzene rings is 3. The Hall–Kier alpha value is -4.06. The standard InChI is InChI=1S/C32H31F2N3O5S/c33-27-15-26(28(41-18-22-7-3-1-4-8-22)16-29(27)42-19-23-9-5-2-6-10-23)32(20-40-21-32)36-17-24-13-14-35-31(30(24)34)37-43(38,39)25-11-12-25/h1-10,13-16,25,36H,11-12,17-21H2,(H,35,37). The maximum absolute atomic E-state index is 15.5. The molecular formula is C32H31F2N3O5S. The molecule has 4 aromatic rings. The number of halogens is 2. The van der Waals surface area contributed by atoms with Gasteiger partial charge in [-0.15, -0.1) is 0 Å². The maximum Gasteiger partial charge on any atom is 0.236 e. The molecule has 2 aliphatic rings. The van der Waals surface area contributed by atoms with Gasteiger partial charge in [-0.05, 0) is 36.1 Å². The van der Waals surface area contributed by atoms with Crippen molar-refractivity contribution in [2.24, 2.45) is 0 Å². The van der Waals surface area contributed by atoms with Gasteiger partial charge >= 0.3 is 0 Å². The van der Waals surface area contributed by atoms with Crippen LogP contribution >= 0.6 is 0 Å². The molecule has 0 spiro atoms. The van der Waals surface area contributed by atoms with E-state index < -0.39 is 32.4 Å². The van der Waals surface area contributed by atoms with E-state index in [4.69, 9.17) is 14.2 Å². The summed E-state index contributed by atoms with van der Waals surface area (Å²) in [4.78, 5) is 3.90. The molecule has 0 radical (unpaired) electrons. The summed E-state index contributed by atoms with van der Waals surface area (Å²) in [5.74, 6) is -1.25. The highest BCUT2D eigenvalue weighted by molar-refractivity contribution is 7.93. The fourth-order valence-electron chi connectivity index (χ4n) is 4.82. The molecule has 0 bridgehead atoms. The largest absolute Gasteiger partial charge is 0.488 e. The number of sulfonamides is 1. The predicted octanol–water partition coefficient (Wildman–Crippen LogP) is 5.44. The van der Waals surface area contributed by atoms with Gasteiger partial charge in [-0.1, -0.05) is 60.7 Å². The van der Waals surface area contributed by atoms with Gasteiger partial charge in [0.25, 0.3) is 0 Å². The smallest absolute Gasteiger partial charge is 0.236 e. The Morgan fingerprint density at radius 3 is 2.09 bits per heavy atom. The summed E-state index contributed by atoms with van der Waals surface area (Å²) < 4.78 is 75.5. The van der Waals surface area contributed by atoms with Gasteiger partial charge < -0.3 is 14.2 Å². The van der Waals surface area contributed by atoms with E-state index in [-0.39, 0.29) is 50.1 Å². The molecule has 3 aromatic carbocycles. The van der Waals surface area contributed by atoms with Crippen LogP contribution in [0.5, 0.6) is 11.5 Å². The fourth-order valence-corrected chi connectivity index (χ4v) is 6.16. The van der Waals surface area contributed by atoms with Gasteiger partial charge in [0.2, 0.25) is 10.0 Å². The Bertz CT molecular complexity index is 1680. The van der Waals surface area contributed by atoms with Crippen LogP contribution < -0.4 is 19.5 Å². The first-order chi connectivity index (χ1) is 20.8. The Kier molecular flexibility index (Phi) is 8.29. The summed E-state index contributed by atoms with van der Waals surface area (Å²) in [5.41, 5.74) is 1.62. The first kappa shape index (κ1) is 29.0. The quantitative estimate of drug-likeness (QED) is 0.209. The van der Waals surface area contributed by atoms with E-state index in [2.05, 4.69) is 15.0 Å². The molecule has 0 atom stereocenters. The van der Waals surface area contributed by atoms with E-state index in [1.807, 2.05) is 60.7 Å². The Labute approximate surface area is 249 Å². The van der Waals surface area contributed by atoms with Crippen LogP contribution in [-0.2, 0) is 40.1 Å². The zero-order chi connectivity index (χ0) is 29.9. The van der Waals surface area contributed by atoms with Crippen LogP contribution in [0.1, 0.15) is 35.1 Å². The van der Waals surface area contributed by atoms with Crippen molar-refractivity contribution in [2.75, 3.05) is 17.9 Å². The molecule has 224 valence electrons. The lowest BCUT2D eigenvalue weighted by atomic mass is 9.86. The highest BCUT2D eigenvalue weighted by atomic mass is 32.2. The molecule has 0 amide bonds. The normalized spacial score (nSPS) is 15.9. The van der Waals surface area contributed by atoms with Crippen LogP contribution in [0.2, 0.25) is 0 Å². The van der Waals surface area contributed by atoms with Crippen LogP contribution in [0.3, 0.4) is 0 Å². The second kappa shape index (κ2) is 12.3. The van der Waals surface area contributed by atoms with Crippen molar-refractivity contribution in [3.63, 3.8) is 0 Å². The lowest BCUT2D eigenvalue weighted by molar-refractivity contribution is -0.0809. The lowest BCUT2D eigenvalue weighted by Gasteiger charge is -2.43. The molecule has 11 heteroatoms. The molecule has 0 unspecified atom stereocenters. The summed E-state index contributed by atoms with van der Waals surface area (Å²) in [6.07, 6.45) is 2.44. The molecule has 1 aliphatic heterocycles. The molecule has 1 aromatic heterocycles. The number of aromatic nitrogens is 1. The van der Waals surface area contributed by atoms with Gasteiger partial charge in [-0.2, -0.15) is 0 Å². The lowest BCUT2D eigenvalue weighted by Crippen LogP contribution is -2.57. The molecule has 2 N–H and O–H groups in total. The van der Waals surface area contributed by atoms with Gasteiger partial charge in [-0.3, -0.25) is 10.0 Å². The van der Waals surface area contributed by atoms with Crippen molar-refractivity contribution < 1.29 is 31.4 Å². The first-order valence-electron chi connectivity index (χ1n) is 14.0. The average molecular weight is 608 g/mol. The van der Waals surface area contributed by atoms with Gasteiger partial charge in [0.15, 0.2) is 23.2 Å². The minimum absolute atomic E-state index is 0.00186. The number of nitrogens with zero attached hydrogens (tertiary/aromatic N) is 1. The van der Waals surface area contributed by atoms with E-state index in [0.29, 0.717) is 24.2 Å². The first-order valence-corrected chi connectivity index (χ1v) is 15.5. The zero-order valence-electron chi connectivity index (χ0n) is 23.3. The molecule has 1 saturated heterocycles. The summed E-state index contributed by atoms with van der Waals surface area (Å²) in [7, 11) is -3.69. The van der Waals surface area contributed by atoms with Crippen molar-refractivity contribution in [1.29, 1.82) is 0 Å². The van der Waals surface area contributed by atoms with Gasteiger partial charge in [0.05, 0.1) is 24.0 Å². The average Bonchev–Trinajstić information content (AvgIpc) is 3.85.